The molecule has 2 fully saturated rings. The summed E-state index contributed by atoms with van der Waals surface area (Å²) in [7, 11) is 1.11. The number of amides is 3. The molecule has 6 unspecified atom stereocenters. The second-order valence-corrected chi connectivity index (χ2v) is 12.4. The van der Waals surface area contributed by atoms with Gasteiger partial charge in [0.05, 0.1) is 24.4 Å². The lowest BCUT2D eigenvalue weighted by molar-refractivity contribution is -0.138. The van der Waals surface area contributed by atoms with Gasteiger partial charge in [0, 0.05) is 22.4 Å². The van der Waals surface area contributed by atoms with Crippen LogP contribution < -0.4 is 0 Å². The molecule has 1 saturated heterocycles. The van der Waals surface area contributed by atoms with Crippen molar-refractivity contribution in [2.45, 2.75) is 24.2 Å². The zero-order valence-corrected chi connectivity index (χ0v) is 24.9. The van der Waals surface area contributed by atoms with Gasteiger partial charge in [0.1, 0.15) is 5.75 Å². The van der Waals surface area contributed by atoms with E-state index in [1.54, 1.807) is 30.3 Å². The Morgan fingerprint density at radius 1 is 0.933 bits per heavy atom. The average Bonchev–Trinajstić information content (AvgIpc) is 3.31. The van der Waals surface area contributed by atoms with Crippen LogP contribution in [0.15, 0.2) is 96.6 Å². The Morgan fingerprint density at radius 3 is 2.29 bits per heavy atom. The first kappa shape index (κ1) is 28.9. The van der Waals surface area contributed by atoms with Crippen LogP contribution in [0.2, 0.25) is 5.02 Å². The highest BCUT2D eigenvalue weighted by Crippen LogP contribution is 2.64. The third-order valence-corrected chi connectivity index (χ3v) is 10.4. The van der Waals surface area contributed by atoms with Crippen LogP contribution >= 0.6 is 11.6 Å². The molecule has 8 nitrogen and oxygen atoms in total. The molecule has 0 bridgehead atoms. The zero-order chi connectivity index (χ0) is 31.6. The smallest absolute Gasteiger partial charge is 0.423 e. The Morgan fingerprint density at radius 2 is 1.62 bits per heavy atom. The Kier molecular flexibility index (Phi) is 6.85. The van der Waals surface area contributed by atoms with E-state index in [0.29, 0.717) is 27.2 Å². The minimum Gasteiger partial charge on any atom is -0.508 e. The number of aromatic hydroxyl groups is 1. The van der Waals surface area contributed by atoms with Crippen LogP contribution in [0.4, 0.5) is 4.79 Å². The fourth-order valence-electron chi connectivity index (χ4n) is 8.24. The molecule has 1 heterocycles. The molecule has 0 aromatic heterocycles. The molecule has 7 rings (SSSR count). The van der Waals surface area contributed by atoms with Crippen molar-refractivity contribution >= 4 is 46.6 Å². The summed E-state index contributed by atoms with van der Waals surface area (Å²) in [6.07, 6.45) is 2.51. The minimum atomic E-state index is -1.44. The first-order chi connectivity index (χ1) is 21.7. The molecule has 0 spiro atoms. The number of methoxy groups -OCH3 is 1. The predicted octanol–water partition coefficient (Wildman–Crippen LogP) is 5.64. The molecule has 4 aliphatic rings. The van der Waals surface area contributed by atoms with Gasteiger partial charge < -0.3 is 9.84 Å². The van der Waals surface area contributed by atoms with Crippen molar-refractivity contribution in [3.05, 3.63) is 118 Å². The van der Waals surface area contributed by atoms with E-state index < -0.39 is 52.9 Å². The fourth-order valence-corrected chi connectivity index (χ4v) is 8.52. The van der Waals surface area contributed by atoms with Crippen molar-refractivity contribution in [2.24, 2.45) is 23.7 Å². The van der Waals surface area contributed by atoms with Crippen LogP contribution in [-0.2, 0) is 29.3 Å². The molecule has 3 aliphatic carbocycles. The Bertz CT molecular complexity index is 1850. The van der Waals surface area contributed by atoms with Crippen LogP contribution in [0, 0.1) is 23.7 Å². The number of imide groups is 3. The number of hydrogen-bond donors (Lipinski definition) is 1. The number of rotatable bonds is 3. The Hall–Kier alpha value is -4.82. The van der Waals surface area contributed by atoms with E-state index in [9.17, 15) is 29.1 Å². The van der Waals surface area contributed by atoms with E-state index in [1.165, 1.54) is 18.2 Å². The maximum absolute atomic E-state index is 14.9. The van der Waals surface area contributed by atoms with Crippen molar-refractivity contribution in [3.63, 3.8) is 0 Å². The predicted molar refractivity (Wildman–Crippen MR) is 164 cm³/mol. The lowest BCUT2D eigenvalue weighted by Gasteiger charge is -2.55. The summed E-state index contributed by atoms with van der Waals surface area (Å²) in [4.78, 5) is 70.0. The van der Waals surface area contributed by atoms with E-state index in [4.69, 9.17) is 16.3 Å². The number of carbonyl (C=O) groups excluding carboxylic acids is 5. The molecule has 1 N–H and O–H groups in total. The first-order valence-electron chi connectivity index (χ1n) is 14.8. The summed E-state index contributed by atoms with van der Waals surface area (Å²) in [6, 6.07) is 22.6. The van der Waals surface area contributed by atoms with Crippen molar-refractivity contribution in [3.8, 4) is 5.75 Å². The second kappa shape index (κ2) is 10.7. The van der Waals surface area contributed by atoms with E-state index in [0.717, 1.165) is 7.11 Å². The van der Waals surface area contributed by atoms with Gasteiger partial charge in [-0.15, -0.1) is 0 Å². The normalized spacial score (nSPS) is 28.9. The van der Waals surface area contributed by atoms with Gasteiger partial charge in [-0.2, -0.15) is 4.90 Å². The summed E-state index contributed by atoms with van der Waals surface area (Å²) < 4.78 is 4.77. The van der Waals surface area contributed by atoms with Crippen LogP contribution in [0.5, 0.6) is 5.75 Å². The topological polar surface area (TPSA) is 118 Å². The molecule has 45 heavy (non-hydrogen) atoms. The second-order valence-electron chi connectivity index (χ2n) is 12.0. The van der Waals surface area contributed by atoms with Gasteiger partial charge in [-0.3, -0.25) is 19.2 Å². The van der Waals surface area contributed by atoms with Crippen molar-refractivity contribution < 1.29 is 33.8 Å². The van der Waals surface area contributed by atoms with Crippen molar-refractivity contribution in [1.82, 2.24) is 4.90 Å². The highest BCUT2D eigenvalue weighted by molar-refractivity contribution is 6.33. The van der Waals surface area contributed by atoms with Gasteiger partial charge in [0.15, 0.2) is 11.6 Å². The van der Waals surface area contributed by atoms with Gasteiger partial charge in [-0.25, -0.2) is 4.79 Å². The molecule has 3 aromatic rings. The zero-order valence-electron chi connectivity index (χ0n) is 24.2. The molecular weight excluding hydrogens is 594 g/mol. The summed E-state index contributed by atoms with van der Waals surface area (Å²) in [5.41, 5.74) is 1.27. The van der Waals surface area contributed by atoms with E-state index in [2.05, 4.69) is 0 Å². The highest BCUT2D eigenvalue weighted by atomic mass is 35.5. The molecule has 0 radical (unpaired) electrons. The van der Waals surface area contributed by atoms with E-state index in [1.807, 2.05) is 42.5 Å². The molecule has 1 aliphatic heterocycles. The summed E-state index contributed by atoms with van der Waals surface area (Å²) in [6.45, 7) is 0. The standard InChI is InChI=1S/C36H28ClNO7/c1-45-35(44)38-33(42)24-15-14-22-26(30(24)34(38)43)17-27-32(41)25(19-8-4-2-5-9-19)18-29(40)36(27,20-10-6-3-7-11-20)31(22)23-13-12-21(39)16-28(23)37/h2-14,16,18,24,26-27,30-31,39H,15,17H2,1H3. The number of Topliss-reactive ketones (excluding diaryl/α,β-unsaturated/α-hetero) is 1. The number of hydrogen-bond acceptors (Lipinski definition) is 7. The number of phenols is 1. The number of allylic oxidation sites excluding steroid dienone is 4. The molecule has 6 atom stereocenters. The van der Waals surface area contributed by atoms with Gasteiger partial charge >= 0.3 is 6.09 Å². The van der Waals surface area contributed by atoms with Gasteiger partial charge in [-0.05, 0) is 53.7 Å². The number of nitrogens with zero attached hydrogens (tertiary/aromatic N) is 1. The number of benzene rings is 3. The van der Waals surface area contributed by atoms with Crippen LogP contribution in [0.1, 0.15) is 35.4 Å². The molecule has 226 valence electrons. The summed E-state index contributed by atoms with van der Waals surface area (Å²) in [5, 5.41) is 10.5. The lowest BCUT2D eigenvalue weighted by atomic mass is 9.44. The number of carbonyl (C=O) groups is 5. The van der Waals surface area contributed by atoms with Gasteiger partial charge in [0.2, 0.25) is 11.8 Å². The average molecular weight is 622 g/mol. The SMILES string of the molecule is COC(=O)N1C(=O)C2CC=C3C(CC4C(=O)C(c5ccccc5)=CC(=O)C4(c4ccccc4)C3c3ccc(O)cc3Cl)C2C1=O. The Balaban J connectivity index is 1.51. The number of ether oxygens (including phenoxy) is 1. The molecule has 3 aromatic carbocycles. The van der Waals surface area contributed by atoms with Crippen molar-refractivity contribution in [2.75, 3.05) is 7.11 Å². The monoisotopic (exact) mass is 621 g/mol. The number of phenolic OH excluding ortho intramolecular Hbond substituents is 1. The number of halogens is 1. The molecule has 9 heteroatoms. The molecule has 1 saturated carbocycles. The van der Waals surface area contributed by atoms with Crippen LogP contribution in [0.3, 0.4) is 0 Å². The number of fused-ring (bicyclic) bond motifs is 4. The van der Waals surface area contributed by atoms with Gasteiger partial charge in [-0.1, -0.05) is 90.0 Å². The van der Waals surface area contributed by atoms with E-state index in [-0.39, 0.29) is 40.8 Å². The van der Waals surface area contributed by atoms with Crippen molar-refractivity contribution in [1.29, 1.82) is 0 Å². The largest absolute Gasteiger partial charge is 0.508 e. The molecule has 3 amide bonds. The number of likely N-dealkylation sites (tertiary alicyclic amines) is 1. The third-order valence-electron chi connectivity index (χ3n) is 10.0. The first-order valence-corrected chi connectivity index (χ1v) is 15.1. The maximum atomic E-state index is 14.9. The summed E-state index contributed by atoms with van der Waals surface area (Å²) >= 11 is 6.84. The maximum Gasteiger partial charge on any atom is 0.423 e. The number of ketones is 2. The van der Waals surface area contributed by atoms with Gasteiger partial charge in [0.25, 0.3) is 0 Å². The highest BCUT2D eigenvalue weighted by Gasteiger charge is 2.66. The lowest BCUT2D eigenvalue weighted by Crippen LogP contribution is -2.58. The quantitative estimate of drug-likeness (QED) is 0.297. The summed E-state index contributed by atoms with van der Waals surface area (Å²) in [5.74, 6) is -6.09. The fraction of sp³-hybridized carbons (Fsp3) is 0.250. The van der Waals surface area contributed by atoms with Crippen LogP contribution in [-0.4, -0.2) is 46.6 Å². The van der Waals surface area contributed by atoms with Crippen LogP contribution in [0.25, 0.3) is 5.57 Å². The van der Waals surface area contributed by atoms with E-state index >= 15 is 0 Å². The Labute approximate surface area is 263 Å². The minimum absolute atomic E-state index is 0.0679. The third kappa shape index (κ3) is 4.08. The molecular formula is C36H28ClNO7.